The predicted molar refractivity (Wildman–Crippen MR) is 146 cm³/mol. The Labute approximate surface area is 221 Å². The van der Waals surface area contributed by atoms with E-state index in [0.29, 0.717) is 27.7 Å². The smallest absolute Gasteiger partial charge is 0.309 e. The van der Waals surface area contributed by atoms with Crippen LogP contribution in [0.3, 0.4) is 0 Å². The second kappa shape index (κ2) is 11.1. The van der Waals surface area contributed by atoms with Crippen LogP contribution in [-0.4, -0.2) is 26.2 Å². The third kappa shape index (κ3) is 5.63. The molecule has 190 valence electrons. The number of benzene rings is 2. The van der Waals surface area contributed by atoms with Crippen LogP contribution >= 0.6 is 11.6 Å². The first-order valence-corrected chi connectivity index (χ1v) is 12.8. The molecule has 0 saturated heterocycles. The highest BCUT2D eigenvalue weighted by Crippen LogP contribution is 2.38. The van der Waals surface area contributed by atoms with Gasteiger partial charge in [0.25, 0.3) is 0 Å². The molecule has 1 aliphatic carbocycles. The van der Waals surface area contributed by atoms with Gasteiger partial charge in [0.1, 0.15) is 17.1 Å². The van der Waals surface area contributed by atoms with Crippen molar-refractivity contribution >= 4 is 28.6 Å². The van der Waals surface area contributed by atoms with E-state index in [-0.39, 0.29) is 11.4 Å². The van der Waals surface area contributed by atoms with E-state index in [2.05, 4.69) is 9.97 Å². The summed E-state index contributed by atoms with van der Waals surface area (Å²) in [7, 11) is 0. The number of hydrogen-bond acceptors (Lipinski definition) is 4. The number of aliphatic carboxylic acids is 1. The Hall–Kier alpha value is -3.82. The number of nitrogens with zero attached hydrogens (tertiary/aromatic N) is 2. The molecule has 1 aliphatic rings. The minimum absolute atomic E-state index is 0.119. The summed E-state index contributed by atoms with van der Waals surface area (Å²) >= 11 is 6.35. The van der Waals surface area contributed by atoms with Crippen LogP contribution in [-0.2, 0) is 4.79 Å². The van der Waals surface area contributed by atoms with Gasteiger partial charge in [0.2, 0.25) is 5.88 Å². The Kier molecular flexibility index (Phi) is 7.85. The molecule has 0 atom stereocenters. The van der Waals surface area contributed by atoms with Crippen molar-refractivity contribution in [3.8, 4) is 34.3 Å². The van der Waals surface area contributed by atoms with E-state index < -0.39 is 11.4 Å². The Morgan fingerprint density at radius 1 is 1.03 bits per heavy atom. The number of aromatic amines is 1. The Balaban J connectivity index is 0.000000225. The van der Waals surface area contributed by atoms with Crippen LogP contribution in [0, 0.1) is 22.7 Å². The summed E-state index contributed by atoms with van der Waals surface area (Å²) in [6.45, 7) is 3.70. The van der Waals surface area contributed by atoms with Gasteiger partial charge in [0.05, 0.1) is 21.6 Å². The van der Waals surface area contributed by atoms with Gasteiger partial charge in [-0.25, -0.2) is 4.98 Å². The van der Waals surface area contributed by atoms with Gasteiger partial charge in [-0.2, -0.15) is 5.26 Å². The monoisotopic (exact) mass is 515 g/mol. The average molecular weight is 516 g/mol. The molecule has 1 fully saturated rings. The summed E-state index contributed by atoms with van der Waals surface area (Å²) in [5.74, 6) is -0.448. The molecule has 0 bridgehead atoms. The molecule has 0 unspecified atom stereocenters. The van der Waals surface area contributed by atoms with E-state index in [1.165, 1.54) is 19.3 Å². The molecule has 4 aromatic rings. The fourth-order valence-electron chi connectivity index (χ4n) is 4.84. The second-order valence-corrected chi connectivity index (χ2v) is 10.4. The zero-order valence-corrected chi connectivity index (χ0v) is 21.7. The number of aromatic nitrogens is 2. The maximum Gasteiger partial charge on any atom is 0.309 e. The molecule has 2 aromatic carbocycles. The van der Waals surface area contributed by atoms with Gasteiger partial charge in [-0.3, -0.25) is 4.79 Å². The van der Waals surface area contributed by atoms with Crippen LogP contribution in [0.5, 0.6) is 5.88 Å². The van der Waals surface area contributed by atoms with Crippen LogP contribution in [0.4, 0.5) is 0 Å². The molecular formula is C30H30ClN3O3. The normalized spacial score (nSPS) is 14.0. The van der Waals surface area contributed by atoms with Crippen molar-refractivity contribution in [2.45, 2.75) is 46.0 Å². The summed E-state index contributed by atoms with van der Waals surface area (Å²) in [6, 6.07) is 21.6. The van der Waals surface area contributed by atoms with Crippen molar-refractivity contribution in [3.63, 3.8) is 0 Å². The Morgan fingerprint density at radius 2 is 1.62 bits per heavy atom. The molecule has 0 amide bonds. The van der Waals surface area contributed by atoms with Crippen LogP contribution < -0.4 is 0 Å². The van der Waals surface area contributed by atoms with Crippen molar-refractivity contribution in [2.75, 3.05) is 0 Å². The summed E-state index contributed by atoms with van der Waals surface area (Å²) in [5.41, 5.74) is 4.19. The lowest BCUT2D eigenvalue weighted by Gasteiger charge is -2.33. The SMILES string of the molecule is CC(C)(C(=O)O)C1CCCCC1.N#Cc1c(O)[nH]c2cc(Cl)c(-c3ccc(-c4ccccc4)cc3)nc12. The maximum absolute atomic E-state index is 10.9. The van der Waals surface area contributed by atoms with Gasteiger partial charge in [0.15, 0.2) is 0 Å². The highest BCUT2D eigenvalue weighted by atomic mass is 35.5. The molecule has 1 saturated carbocycles. The van der Waals surface area contributed by atoms with Gasteiger partial charge in [-0.05, 0) is 49.8 Å². The number of pyridine rings is 1. The number of fused-ring (bicyclic) bond motifs is 1. The number of nitrogens with one attached hydrogen (secondary N) is 1. The largest absolute Gasteiger partial charge is 0.494 e. The third-order valence-corrected chi connectivity index (χ3v) is 7.55. The lowest BCUT2D eigenvalue weighted by molar-refractivity contribution is -0.150. The zero-order chi connectivity index (χ0) is 26.6. The molecule has 0 aliphatic heterocycles. The number of halogens is 1. The van der Waals surface area contributed by atoms with Crippen LogP contribution in [0.1, 0.15) is 51.5 Å². The quantitative estimate of drug-likeness (QED) is 0.257. The summed E-state index contributed by atoms with van der Waals surface area (Å²) in [4.78, 5) is 18.1. The first kappa shape index (κ1) is 26.2. The number of aromatic hydroxyl groups is 1. The number of nitriles is 1. The molecule has 37 heavy (non-hydrogen) atoms. The first-order valence-electron chi connectivity index (χ1n) is 12.4. The lowest BCUT2D eigenvalue weighted by Crippen LogP contribution is -2.34. The van der Waals surface area contributed by atoms with Crippen molar-refractivity contribution in [2.24, 2.45) is 11.3 Å². The number of carbonyl (C=O) groups is 1. The fraction of sp³-hybridized carbons (Fsp3) is 0.300. The maximum atomic E-state index is 10.9. The van der Waals surface area contributed by atoms with Gasteiger partial charge in [0, 0.05) is 5.56 Å². The minimum atomic E-state index is -0.644. The van der Waals surface area contributed by atoms with Gasteiger partial charge >= 0.3 is 5.97 Å². The number of rotatable bonds is 4. The van der Waals surface area contributed by atoms with Gasteiger partial charge in [-0.15, -0.1) is 0 Å². The van der Waals surface area contributed by atoms with E-state index in [1.54, 1.807) is 6.07 Å². The van der Waals surface area contributed by atoms with Crippen LogP contribution in [0.25, 0.3) is 33.4 Å². The molecule has 7 heteroatoms. The Bertz CT molecular complexity index is 1430. The predicted octanol–water partition coefficient (Wildman–Crippen LogP) is 7.81. The van der Waals surface area contributed by atoms with Crippen LogP contribution in [0.15, 0.2) is 60.7 Å². The lowest BCUT2D eigenvalue weighted by atomic mass is 9.71. The zero-order valence-electron chi connectivity index (χ0n) is 21.0. The average Bonchev–Trinajstić information content (AvgIpc) is 3.23. The van der Waals surface area contributed by atoms with Gasteiger partial charge in [-0.1, -0.05) is 85.5 Å². The van der Waals surface area contributed by atoms with E-state index in [9.17, 15) is 15.2 Å². The molecule has 5 rings (SSSR count). The summed E-state index contributed by atoms with van der Waals surface area (Å²) in [5, 5.41) is 28.4. The van der Waals surface area contributed by atoms with E-state index >= 15 is 0 Å². The molecule has 3 N–H and O–H groups in total. The molecule has 2 aromatic heterocycles. The highest BCUT2D eigenvalue weighted by molar-refractivity contribution is 6.33. The molecule has 6 nitrogen and oxygen atoms in total. The molecule has 0 radical (unpaired) electrons. The number of H-pyrrole nitrogens is 1. The standard InChI is InChI=1S/C20H12ClN3O.C10H18O2/c21-16-10-17-19(15(11-22)20(25)23-17)24-18(16)14-8-6-13(7-9-14)12-4-2-1-3-5-12;1-10(2,9(11)12)8-6-4-3-5-7-8/h1-10,23,25H;8H,3-7H2,1-2H3,(H,11,12). The molecule has 2 heterocycles. The summed E-state index contributed by atoms with van der Waals surface area (Å²) < 4.78 is 0. The number of carboxylic acids is 1. The van der Waals surface area contributed by atoms with E-state index in [1.807, 2.05) is 74.5 Å². The fourth-order valence-corrected chi connectivity index (χ4v) is 5.10. The van der Waals surface area contributed by atoms with E-state index in [0.717, 1.165) is 29.5 Å². The van der Waals surface area contributed by atoms with Crippen molar-refractivity contribution in [3.05, 3.63) is 71.2 Å². The molecule has 0 spiro atoms. The van der Waals surface area contributed by atoms with Gasteiger partial charge < -0.3 is 15.2 Å². The van der Waals surface area contributed by atoms with Crippen molar-refractivity contribution < 1.29 is 15.0 Å². The second-order valence-electron chi connectivity index (χ2n) is 9.98. The topological polar surface area (TPSA) is 110 Å². The van der Waals surface area contributed by atoms with Crippen LogP contribution in [0.2, 0.25) is 5.02 Å². The van der Waals surface area contributed by atoms with Crippen molar-refractivity contribution in [1.29, 1.82) is 5.26 Å². The highest BCUT2D eigenvalue weighted by Gasteiger charge is 2.36. The summed E-state index contributed by atoms with van der Waals surface area (Å²) in [6.07, 6.45) is 5.90. The molecular weight excluding hydrogens is 486 g/mol. The minimum Gasteiger partial charge on any atom is -0.494 e. The number of carboxylic acid groups (broad SMARTS) is 1. The Morgan fingerprint density at radius 3 is 2.22 bits per heavy atom. The third-order valence-electron chi connectivity index (χ3n) is 7.26. The number of hydrogen-bond donors (Lipinski definition) is 3. The van der Waals surface area contributed by atoms with E-state index in [4.69, 9.17) is 16.7 Å². The van der Waals surface area contributed by atoms with Crippen molar-refractivity contribution in [1.82, 2.24) is 9.97 Å². The first-order chi connectivity index (χ1) is 17.7.